The van der Waals surface area contributed by atoms with Crippen LogP contribution in [0.5, 0.6) is 0 Å². The number of rotatable bonds is 5. The lowest BCUT2D eigenvalue weighted by Gasteiger charge is -2.12. The zero-order valence-corrected chi connectivity index (χ0v) is 16.5. The summed E-state index contributed by atoms with van der Waals surface area (Å²) >= 11 is 0. The fraction of sp³-hybridized carbons (Fsp3) is 0.182. The van der Waals surface area contributed by atoms with Crippen LogP contribution in [0, 0.1) is 6.92 Å². The smallest absolute Gasteiger partial charge is 0.438 e. The molecule has 0 spiro atoms. The number of nitrogens with zero attached hydrogens (tertiary/aromatic N) is 2. The first-order valence-corrected chi connectivity index (χ1v) is 9.70. The van der Waals surface area contributed by atoms with Crippen molar-refractivity contribution in [2.75, 3.05) is 5.32 Å². The Morgan fingerprint density at radius 1 is 1.00 bits per heavy atom. The maximum absolute atomic E-state index is 11.3. The lowest BCUT2D eigenvalue weighted by atomic mass is 9.93. The molecule has 0 unspecified atom stereocenters. The Bertz CT molecular complexity index is 1310. The van der Waals surface area contributed by atoms with E-state index in [4.69, 9.17) is 9.63 Å². The number of anilines is 1. The third kappa shape index (κ3) is 3.29. The molecule has 1 amide bonds. The molecule has 2 aromatic carbocycles. The quantitative estimate of drug-likeness (QED) is 0.443. The molecule has 0 saturated heterocycles. The van der Waals surface area contributed by atoms with Gasteiger partial charge in [0.2, 0.25) is 0 Å². The monoisotopic (exact) mass is 418 g/mol. The van der Waals surface area contributed by atoms with E-state index in [-0.39, 0.29) is 5.41 Å². The summed E-state index contributed by atoms with van der Waals surface area (Å²) in [6, 6.07) is 15.7. The van der Waals surface area contributed by atoms with E-state index in [9.17, 15) is 9.59 Å². The standard InChI is InChI=1S/C22H18N4O5/c1-12-17(23-20(27)28)18(30-25-12)15-4-2-13(3-5-15)14-6-8-16(9-7-14)22(10-11-22)19-24-21(29)31-26-19/h2-9,23H,10-11H2,1H3,(H,27,28)(H,24,26,29). The number of carboxylic acid groups (broad SMARTS) is 1. The van der Waals surface area contributed by atoms with Crippen LogP contribution in [0.15, 0.2) is 62.4 Å². The summed E-state index contributed by atoms with van der Waals surface area (Å²) < 4.78 is 9.99. The number of aromatic nitrogens is 3. The van der Waals surface area contributed by atoms with E-state index in [2.05, 4.69) is 25.1 Å². The number of benzene rings is 2. The molecule has 1 fully saturated rings. The minimum Gasteiger partial charge on any atom is -0.465 e. The first-order chi connectivity index (χ1) is 15.0. The van der Waals surface area contributed by atoms with Gasteiger partial charge in [0.05, 0.1) is 5.41 Å². The van der Waals surface area contributed by atoms with E-state index < -0.39 is 11.8 Å². The van der Waals surface area contributed by atoms with Gasteiger partial charge in [-0.1, -0.05) is 58.8 Å². The average molecular weight is 418 g/mol. The van der Waals surface area contributed by atoms with Crippen molar-refractivity contribution in [1.29, 1.82) is 0 Å². The van der Waals surface area contributed by atoms with Crippen molar-refractivity contribution < 1.29 is 18.9 Å². The van der Waals surface area contributed by atoms with Crippen LogP contribution in [0.2, 0.25) is 0 Å². The summed E-state index contributed by atoms with van der Waals surface area (Å²) in [6.07, 6.45) is 0.645. The maximum atomic E-state index is 11.3. The summed E-state index contributed by atoms with van der Waals surface area (Å²) in [5.41, 5.74) is 4.36. The predicted molar refractivity (Wildman–Crippen MR) is 111 cm³/mol. The van der Waals surface area contributed by atoms with Crippen LogP contribution in [0.3, 0.4) is 0 Å². The Kier molecular flexibility index (Phi) is 4.25. The molecule has 2 heterocycles. The Morgan fingerprint density at radius 2 is 1.61 bits per heavy atom. The van der Waals surface area contributed by atoms with Crippen molar-refractivity contribution in [3.63, 3.8) is 0 Å². The van der Waals surface area contributed by atoms with Gasteiger partial charge in [0.15, 0.2) is 11.6 Å². The van der Waals surface area contributed by atoms with Gasteiger partial charge in [0, 0.05) is 5.56 Å². The summed E-state index contributed by atoms with van der Waals surface area (Å²) in [5.74, 6) is 0.406. The van der Waals surface area contributed by atoms with Crippen molar-refractivity contribution in [3.8, 4) is 22.5 Å². The van der Waals surface area contributed by atoms with Gasteiger partial charge in [-0.05, 0) is 36.5 Å². The average Bonchev–Trinajstić information content (AvgIpc) is 3.35. The van der Waals surface area contributed by atoms with Crippen molar-refractivity contribution >= 4 is 11.8 Å². The molecule has 1 aliphatic rings. The van der Waals surface area contributed by atoms with Crippen molar-refractivity contribution in [2.24, 2.45) is 0 Å². The van der Waals surface area contributed by atoms with Crippen LogP contribution < -0.4 is 11.1 Å². The Labute approximate surface area is 175 Å². The second-order valence-corrected chi connectivity index (χ2v) is 7.58. The highest BCUT2D eigenvalue weighted by molar-refractivity contribution is 5.89. The molecule has 3 N–H and O–H groups in total. The van der Waals surface area contributed by atoms with Crippen LogP contribution in [0.25, 0.3) is 22.5 Å². The van der Waals surface area contributed by atoms with Crippen LogP contribution in [-0.2, 0) is 5.41 Å². The minimum atomic E-state index is -1.17. The Balaban J connectivity index is 1.40. The zero-order valence-electron chi connectivity index (χ0n) is 16.5. The lowest BCUT2D eigenvalue weighted by molar-refractivity contribution is 0.209. The van der Waals surface area contributed by atoms with Gasteiger partial charge in [-0.3, -0.25) is 14.8 Å². The number of H-pyrrole nitrogens is 1. The van der Waals surface area contributed by atoms with Gasteiger partial charge in [-0.15, -0.1) is 0 Å². The number of amides is 1. The lowest BCUT2D eigenvalue weighted by Crippen LogP contribution is -2.12. The first-order valence-electron chi connectivity index (χ1n) is 9.70. The second kappa shape index (κ2) is 6.98. The third-order valence-corrected chi connectivity index (χ3v) is 5.66. The molecule has 0 radical (unpaired) electrons. The molecular weight excluding hydrogens is 400 g/mol. The number of aromatic amines is 1. The molecular formula is C22H18N4O5. The molecule has 5 rings (SSSR count). The van der Waals surface area contributed by atoms with Gasteiger partial charge >= 0.3 is 11.8 Å². The molecule has 9 nitrogen and oxygen atoms in total. The normalized spacial score (nSPS) is 14.4. The van der Waals surface area contributed by atoms with E-state index in [1.165, 1.54) is 0 Å². The van der Waals surface area contributed by atoms with Crippen LogP contribution in [0.1, 0.15) is 29.9 Å². The van der Waals surface area contributed by atoms with Gasteiger partial charge < -0.3 is 9.63 Å². The zero-order chi connectivity index (χ0) is 21.6. The second-order valence-electron chi connectivity index (χ2n) is 7.58. The number of nitrogens with one attached hydrogen (secondary N) is 2. The summed E-state index contributed by atoms with van der Waals surface area (Å²) in [7, 11) is 0. The minimum absolute atomic E-state index is 0.272. The number of carbonyl (C=O) groups is 1. The Hall–Kier alpha value is -4.14. The molecule has 9 heteroatoms. The van der Waals surface area contributed by atoms with Gasteiger partial charge in [0.1, 0.15) is 11.4 Å². The van der Waals surface area contributed by atoms with Crippen molar-refractivity contribution in [2.45, 2.75) is 25.2 Å². The van der Waals surface area contributed by atoms with E-state index in [1.807, 2.05) is 48.5 Å². The summed E-state index contributed by atoms with van der Waals surface area (Å²) in [5, 5.41) is 19.1. The third-order valence-electron chi connectivity index (χ3n) is 5.66. The number of aryl methyl sites for hydroxylation is 1. The fourth-order valence-corrected chi connectivity index (χ4v) is 3.84. The molecule has 0 atom stereocenters. The molecule has 1 aliphatic carbocycles. The van der Waals surface area contributed by atoms with Crippen molar-refractivity contribution in [3.05, 3.63) is 76.2 Å². The highest BCUT2D eigenvalue weighted by atomic mass is 16.5. The van der Waals surface area contributed by atoms with Crippen LogP contribution in [-0.4, -0.2) is 26.5 Å². The van der Waals surface area contributed by atoms with Gasteiger partial charge in [-0.25, -0.2) is 9.59 Å². The van der Waals surface area contributed by atoms with Crippen molar-refractivity contribution in [1.82, 2.24) is 15.3 Å². The molecule has 2 aromatic heterocycles. The number of hydrogen-bond donors (Lipinski definition) is 3. The van der Waals surface area contributed by atoms with E-state index >= 15 is 0 Å². The number of hydrogen-bond acceptors (Lipinski definition) is 6. The highest BCUT2D eigenvalue weighted by Gasteiger charge is 2.49. The first kappa shape index (κ1) is 18.9. The topological polar surface area (TPSA) is 134 Å². The van der Waals surface area contributed by atoms with Crippen LogP contribution >= 0.6 is 0 Å². The summed E-state index contributed by atoms with van der Waals surface area (Å²) in [6.45, 7) is 1.68. The van der Waals surface area contributed by atoms with Gasteiger partial charge in [-0.2, -0.15) is 0 Å². The molecule has 1 saturated carbocycles. The molecule has 0 aliphatic heterocycles. The van der Waals surface area contributed by atoms with E-state index in [1.54, 1.807) is 6.92 Å². The van der Waals surface area contributed by atoms with Gasteiger partial charge in [0.25, 0.3) is 0 Å². The predicted octanol–water partition coefficient (Wildman–Crippen LogP) is 4.16. The molecule has 31 heavy (non-hydrogen) atoms. The SMILES string of the molecule is Cc1noc(-c2ccc(-c3ccc(C4(c5noc(=O)[nH]5)CC4)cc3)cc2)c1NC(=O)O. The molecule has 0 bridgehead atoms. The van der Waals surface area contributed by atoms with E-state index in [0.29, 0.717) is 23.0 Å². The summed E-state index contributed by atoms with van der Waals surface area (Å²) in [4.78, 5) is 25.0. The van der Waals surface area contributed by atoms with Crippen LogP contribution in [0.4, 0.5) is 10.5 Å². The highest BCUT2D eigenvalue weighted by Crippen LogP contribution is 2.52. The van der Waals surface area contributed by atoms with E-state index in [0.717, 1.165) is 35.1 Å². The Morgan fingerprint density at radius 3 is 2.16 bits per heavy atom. The molecule has 156 valence electrons. The largest absolute Gasteiger partial charge is 0.465 e. The fourth-order valence-electron chi connectivity index (χ4n) is 3.84. The molecule has 4 aromatic rings. The maximum Gasteiger partial charge on any atom is 0.438 e.